The van der Waals surface area contributed by atoms with Crippen molar-refractivity contribution in [2.24, 2.45) is 17.6 Å². The molecule has 1 fully saturated rings. The summed E-state index contributed by atoms with van der Waals surface area (Å²) >= 11 is 0.692. The van der Waals surface area contributed by atoms with Crippen LogP contribution in [0.1, 0.15) is 94.7 Å². The van der Waals surface area contributed by atoms with E-state index in [1.165, 1.54) is 105 Å². The number of thioether (sulfide) groups is 1. The number of aliphatic hydroxyl groups excluding tert-OH is 1. The zero-order valence-electron chi connectivity index (χ0n) is 74.3. The smallest absolute Gasteiger partial charge is 0.246 e. The molecule has 34 nitrogen and oxygen atoms in total. The number of halogens is 3. The monoisotopic (exact) mass is 1820 g/mol. The van der Waals surface area contributed by atoms with Crippen molar-refractivity contribution >= 4 is 112 Å². The number of nitrogens with one attached hydrogen (secondary N) is 10. The molecule has 1 aliphatic heterocycles. The Hall–Kier alpha value is -13.2. The quantitative estimate of drug-likeness (QED) is 0.0296. The van der Waals surface area contributed by atoms with Gasteiger partial charge in [0.15, 0.2) is 17.5 Å². The highest BCUT2D eigenvalue weighted by atomic mass is 32.2. The number of aromatic nitrogens is 1. The number of rotatable bonds is 20. The summed E-state index contributed by atoms with van der Waals surface area (Å²) in [6, 6.07) is 15.3. The minimum Gasteiger partial charge on any atom is -0.508 e. The summed E-state index contributed by atoms with van der Waals surface area (Å²) in [5, 5.41) is 55.2. The Labute approximate surface area is 755 Å². The Bertz CT molecular complexity index is 5150. The first-order valence-corrected chi connectivity index (χ1v) is 43.5. The van der Waals surface area contributed by atoms with Crippen LogP contribution in [0.5, 0.6) is 11.5 Å². The molecular formula is C92H115F3N16O18S. The fourth-order valence-corrected chi connectivity index (χ4v) is 15.5. The number of likely N-dealkylation sites (N-methyl/N-ethyl adjacent to an activating group) is 5. The molecule has 0 spiro atoms. The number of amides is 14. The molecule has 8 rings (SSSR count). The molecule has 1 unspecified atom stereocenters. The van der Waals surface area contributed by atoms with Gasteiger partial charge in [-0.3, -0.25) is 67.1 Å². The van der Waals surface area contributed by atoms with Crippen molar-refractivity contribution in [2.75, 3.05) is 53.3 Å². The molecule has 14 atom stereocenters. The molecule has 0 radical (unpaired) electrons. The van der Waals surface area contributed by atoms with E-state index in [1.807, 2.05) is 0 Å². The van der Waals surface area contributed by atoms with Gasteiger partial charge in [0.05, 0.1) is 12.3 Å². The zero-order valence-corrected chi connectivity index (χ0v) is 75.2. The second-order valence-electron chi connectivity index (χ2n) is 33.1. The Morgan fingerprint density at radius 1 is 0.477 bits per heavy atom. The van der Waals surface area contributed by atoms with Crippen molar-refractivity contribution in [3.8, 4) is 11.5 Å². The van der Waals surface area contributed by atoms with Gasteiger partial charge in [-0.2, -0.15) is 0 Å². The lowest BCUT2D eigenvalue weighted by molar-refractivity contribution is -0.151. The number of benzene rings is 6. The number of nitrogens with two attached hydrogens (primary N) is 1. The van der Waals surface area contributed by atoms with Crippen LogP contribution in [0, 0.1) is 29.3 Å². The fourth-order valence-electron chi connectivity index (χ4n) is 14.6. The van der Waals surface area contributed by atoms with Gasteiger partial charge in [-0.25, -0.2) is 13.2 Å². The number of para-hydroxylation sites is 1. The van der Waals surface area contributed by atoms with Gasteiger partial charge in [-0.05, 0) is 115 Å². The molecule has 7 aromatic rings. The molecule has 38 heteroatoms. The first-order valence-electron chi connectivity index (χ1n) is 42.4. The number of aromatic hydroxyl groups is 2. The summed E-state index contributed by atoms with van der Waals surface area (Å²) in [7, 11) is 6.17. The number of carbonyl (C=O) groups excluding carboxylic acids is 15. The van der Waals surface area contributed by atoms with Crippen LogP contribution in [0.25, 0.3) is 10.9 Å². The van der Waals surface area contributed by atoms with Crippen molar-refractivity contribution in [1.82, 2.24) is 77.3 Å². The van der Waals surface area contributed by atoms with E-state index in [2.05, 4.69) is 52.8 Å². The predicted molar refractivity (Wildman–Crippen MR) is 477 cm³/mol. The highest BCUT2D eigenvalue weighted by Gasteiger charge is 2.43. The average molecular weight is 1820 g/mol. The molecule has 6 aromatic carbocycles. The lowest BCUT2D eigenvalue weighted by Crippen LogP contribution is -2.62. The molecule has 2 heterocycles. The van der Waals surface area contributed by atoms with E-state index in [-0.39, 0.29) is 55.6 Å². The van der Waals surface area contributed by atoms with Crippen LogP contribution >= 0.6 is 11.8 Å². The maximum Gasteiger partial charge on any atom is 0.246 e. The van der Waals surface area contributed by atoms with E-state index in [4.69, 9.17) is 5.73 Å². The highest BCUT2D eigenvalue weighted by molar-refractivity contribution is 8.00. The summed E-state index contributed by atoms with van der Waals surface area (Å²) in [6.45, 7) is 9.92. The first kappa shape index (κ1) is 102. The number of aromatic amines is 1. The highest BCUT2D eigenvalue weighted by Crippen LogP contribution is 2.25. The SMILES string of the molecule is CC(C)C[C@@H]1NC(=O)[C@H](Cc2ccc(O)cc2)NC(=O)[C@H](Cc2c[nH]c3ccccc23)NC(=O)[C@@H](C)N(C)C(=O)[C@H](Cc2ccc(O)cc2)NC(=O)[C@H](Cc2ccccc2)N(C)C(=O)[C@H](C(C)C)NC(=O)[C@H](CC=O)NC(=O)[C@@H](C)N(C)C(=O)[C@H](C)N(C)C(=O)[C@H](Cc2ccccc2)N(C)C(=O)[C@H](Cc2cc(F)c(F)c(F)c2)NC(=O)CSC[C@@H](C(=O)NCC(N)O)NC1=O. The van der Waals surface area contributed by atoms with Gasteiger partial charge in [0.1, 0.15) is 103 Å². The fraction of sp³-hybridized carbons (Fsp3) is 0.424. The molecule has 0 bridgehead atoms. The lowest BCUT2D eigenvalue weighted by atomic mass is 9.98. The van der Waals surface area contributed by atoms with Crippen LogP contribution in [0.2, 0.25) is 0 Å². The van der Waals surface area contributed by atoms with Gasteiger partial charge in [-0.1, -0.05) is 131 Å². The number of H-pyrrole nitrogens is 1. The van der Waals surface area contributed by atoms with E-state index in [1.54, 1.807) is 119 Å². The number of fused-ring (bicyclic) bond motifs is 1. The van der Waals surface area contributed by atoms with E-state index >= 15 is 47.1 Å². The minimum absolute atomic E-state index is 0.144. The molecule has 14 amide bonds. The van der Waals surface area contributed by atoms with E-state index in [9.17, 15) is 53.3 Å². The third-order valence-corrected chi connectivity index (χ3v) is 23.7. The predicted octanol–water partition coefficient (Wildman–Crippen LogP) is 2.26. The average Bonchev–Trinajstić information content (AvgIpc) is 1.25. The van der Waals surface area contributed by atoms with Crippen molar-refractivity contribution in [3.63, 3.8) is 0 Å². The number of hydrogen-bond acceptors (Lipinski definition) is 20. The van der Waals surface area contributed by atoms with Gasteiger partial charge in [-0.15, -0.1) is 11.8 Å². The van der Waals surface area contributed by atoms with E-state index in [0.717, 1.165) is 24.5 Å². The molecule has 130 heavy (non-hydrogen) atoms. The Balaban J connectivity index is 1.22. The number of aliphatic hydroxyl groups is 1. The van der Waals surface area contributed by atoms with Gasteiger partial charge >= 0.3 is 0 Å². The third-order valence-electron chi connectivity index (χ3n) is 22.7. The molecule has 698 valence electrons. The Morgan fingerprint density at radius 2 is 0.915 bits per heavy atom. The summed E-state index contributed by atoms with van der Waals surface area (Å²) in [4.78, 5) is 230. The molecule has 1 saturated heterocycles. The number of carbonyl (C=O) groups is 15. The summed E-state index contributed by atoms with van der Waals surface area (Å²) in [5.41, 5.74) is 8.12. The van der Waals surface area contributed by atoms with Gasteiger partial charge in [0.25, 0.3) is 0 Å². The van der Waals surface area contributed by atoms with Gasteiger partial charge < -0.3 is 103 Å². The normalized spacial score (nSPS) is 23.3. The minimum atomic E-state index is -1.86. The maximum absolute atomic E-state index is 15.5. The molecule has 0 saturated carbocycles. The summed E-state index contributed by atoms with van der Waals surface area (Å²) in [6.07, 6.45) is -2.70. The van der Waals surface area contributed by atoms with Crippen molar-refractivity contribution in [3.05, 3.63) is 203 Å². The van der Waals surface area contributed by atoms with Crippen molar-refractivity contribution in [2.45, 2.75) is 185 Å². The van der Waals surface area contributed by atoms with Crippen LogP contribution in [0.3, 0.4) is 0 Å². The van der Waals surface area contributed by atoms with Crippen LogP contribution < -0.4 is 53.6 Å². The van der Waals surface area contributed by atoms with Crippen molar-refractivity contribution < 1.29 is 100 Å². The topological polar surface area (TPSA) is 483 Å². The molecule has 15 N–H and O–H groups in total. The molecule has 1 aromatic heterocycles. The van der Waals surface area contributed by atoms with Crippen molar-refractivity contribution in [1.29, 1.82) is 0 Å². The van der Waals surface area contributed by atoms with E-state index < -0.39 is 228 Å². The number of nitrogens with zero attached hydrogens (tertiary/aromatic N) is 5. The molecular weight excluding hydrogens is 1710 g/mol. The largest absolute Gasteiger partial charge is 0.508 e. The number of hydrogen-bond donors (Lipinski definition) is 14. The number of phenolic OH excluding ortho intramolecular Hbond substituents is 2. The van der Waals surface area contributed by atoms with Crippen LogP contribution in [-0.2, 0) is 110 Å². The Kier molecular flexibility index (Phi) is 37.5. The summed E-state index contributed by atoms with van der Waals surface area (Å²) < 4.78 is 44.8. The van der Waals surface area contributed by atoms with Gasteiger partial charge in [0.2, 0.25) is 82.7 Å². The maximum atomic E-state index is 15.5. The first-order chi connectivity index (χ1) is 61.5. The third kappa shape index (κ3) is 28.4. The van der Waals surface area contributed by atoms with Crippen LogP contribution in [0.4, 0.5) is 13.2 Å². The van der Waals surface area contributed by atoms with E-state index in [0.29, 0.717) is 68.9 Å². The Morgan fingerprint density at radius 3 is 1.46 bits per heavy atom. The molecule has 1 aliphatic rings. The second kappa shape index (κ2) is 47.7. The molecule has 0 aliphatic carbocycles. The zero-order chi connectivity index (χ0) is 95.7. The number of aldehydes is 1. The van der Waals surface area contributed by atoms with Gasteiger partial charge in [0, 0.05) is 103 Å². The lowest BCUT2D eigenvalue weighted by Gasteiger charge is -2.36. The van der Waals surface area contributed by atoms with Crippen LogP contribution in [0.15, 0.2) is 152 Å². The van der Waals surface area contributed by atoms with Crippen LogP contribution in [-0.4, -0.2) is 272 Å². The second-order valence-corrected chi connectivity index (χ2v) is 34.2. The number of phenols is 2. The standard InChI is InChI=1S/C92H115F3N16O18S/c1-50(2)37-68-84(121)105-73(82(119)98-47-76(96)115)48-130-49-77(116)99-71(42-59-38-64(93)78(95)65(94)39-59)90(127)111(12)75(44-56-23-17-14-18-24-56)91(128)109(10)54(7)88(125)107(8)52(5)80(117)100-67(35-36-112)83(120)106-79(51(3)4)92(129)110(11)74(43-55-21-15-13-16-22-55)87(124)104-72(41-58-29-33-62(114)34-30-58)89(126)108(9)53(6)81(118)101-70(45-60-46-97-66-26-20-19-25-63(60)66)86(123)103-69(85(122)102-68)40-57-27-31-61(113)32-28-57/h13-34,36,38-39,46,50-54,67-76,79,97,113-115H,35,37,40-45,47-49,96H2,1-12H3,(H,98,119)(H,99,116)(H,100,117)(H,101,118)(H,102,122)(H,103,123)(H,104,124)(H,105,121)(H,106,120)/t52-,53-,54+,67+,68+,69+,70+,71+,72+,73+,74+,75+,76?,79+/m1/s1. The summed E-state index contributed by atoms with van der Waals surface area (Å²) in [5.74, 6) is -21.3.